The van der Waals surface area contributed by atoms with Gasteiger partial charge in [-0.25, -0.2) is 4.79 Å². The highest BCUT2D eigenvalue weighted by Gasteiger charge is 2.46. The van der Waals surface area contributed by atoms with Gasteiger partial charge in [-0.15, -0.1) is 0 Å². The summed E-state index contributed by atoms with van der Waals surface area (Å²) in [6, 6.07) is 7.63. The number of benzene rings is 1. The van der Waals surface area contributed by atoms with Gasteiger partial charge in [0.25, 0.3) is 0 Å². The molecule has 1 fully saturated rings. The van der Waals surface area contributed by atoms with E-state index in [-0.39, 0.29) is 17.7 Å². The fraction of sp³-hybridized carbons (Fsp3) is 0.467. The minimum atomic E-state index is -1.24. The molecular weight excluding hydrogens is 258 g/mol. The van der Waals surface area contributed by atoms with Crippen molar-refractivity contribution >= 4 is 11.9 Å². The lowest BCUT2D eigenvalue weighted by molar-refractivity contribution is -0.146. The summed E-state index contributed by atoms with van der Waals surface area (Å²) in [6.45, 7) is 2.96. The van der Waals surface area contributed by atoms with Gasteiger partial charge in [0.05, 0.1) is 7.11 Å². The second kappa shape index (κ2) is 5.15. The van der Waals surface area contributed by atoms with Crippen LogP contribution in [-0.2, 0) is 9.59 Å². The number of carbonyl (C=O) groups is 2. The topological polar surface area (TPSA) is 75.6 Å². The number of rotatable bonds is 5. The van der Waals surface area contributed by atoms with Gasteiger partial charge in [0.2, 0.25) is 5.91 Å². The molecule has 2 N–H and O–H groups in total. The van der Waals surface area contributed by atoms with Gasteiger partial charge in [-0.05, 0) is 43.9 Å². The number of hydrogen-bond acceptors (Lipinski definition) is 3. The van der Waals surface area contributed by atoms with Crippen LogP contribution in [0.1, 0.15) is 31.7 Å². The van der Waals surface area contributed by atoms with E-state index in [1.807, 2.05) is 24.3 Å². The van der Waals surface area contributed by atoms with Crippen LogP contribution in [0.2, 0.25) is 0 Å². The highest BCUT2D eigenvalue weighted by molar-refractivity contribution is 5.89. The van der Waals surface area contributed by atoms with Crippen LogP contribution in [0.5, 0.6) is 5.75 Å². The Hall–Kier alpha value is -2.04. The van der Waals surface area contributed by atoms with Gasteiger partial charge in [-0.2, -0.15) is 0 Å². The molecule has 2 atom stereocenters. The summed E-state index contributed by atoms with van der Waals surface area (Å²) >= 11 is 0. The van der Waals surface area contributed by atoms with Crippen molar-refractivity contribution in [2.24, 2.45) is 5.92 Å². The maximum Gasteiger partial charge on any atom is 0.328 e. The molecule has 0 saturated heterocycles. The average Bonchev–Trinajstić information content (AvgIpc) is 3.18. The smallest absolute Gasteiger partial charge is 0.328 e. The third-order valence-corrected chi connectivity index (χ3v) is 3.62. The van der Waals surface area contributed by atoms with Crippen molar-refractivity contribution in [1.29, 1.82) is 0 Å². The summed E-state index contributed by atoms with van der Waals surface area (Å²) in [4.78, 5) is 23.1. The minimum absolute atomic E-state index is 0.148. The van der Waals surface area contributed by atoms with E-state index >= 15 is 0 Å². The van der Waals surface area contributed by atoms with Gasteiger partial charge in [0.15, 0.2) is 0 Å². The molecule has 0 spiro atoms. The Labute approximate surface area is 117 Å². The second-order valence-electron chi connectivity index (χ2n) is 5.64. The minimum Gasteiger partial charge on any atom is -0.497 e. The number of hydrogen-bond donors (Lipinski definition) is 2. The fourth-order valence-electron chi connectivity index (χ4n) is 2.18. The third kappa shape index (κ3) is 2.92. The Morgan fingerprint density at radius 3 is 2.70 bits per heavy atom. The van der Waals surface area contributed by atoms with Gasteiger partial charge in [-0.3, -0.25) is 4.79 Å². The van der Waals surface area contributed by atoms with Crippen LogP contribution in [0.25, 0.3) is 0 Å². The largest absolute Gasteiger partial charge is 0.497 e. The molecule has 1 aromatic rings. The van der Waals surface area contributed by atoms with Crippen LogP contribution in [0.15, 0.2) is 24.3 Å². The number of carboxylic acids is 1. The van der Waals surface area contributed by atoms with Gasteiger partial charge in [0.1, 0.15) is 11.3 Å². The number of amides is 1. The standard InChI is InChI=1S/C15H19NO4/c1-15(2,14(18)19)16-13(17)12-8-11(12)9-5-4-6-10(7-9)20-3/h4-7,11-12H,8H2,1-3H3,(H,16,17)(H,18,19). The molecule has 1 amide bonds. The number of nitrogens with one attached hydrogen (secondary N) is 1. The number of carboxylic acid groups (broad SMARTS) is 1. The van der Waals surface area contributed by atoms with Crippen LogP contribution in [0.3, 0.4) is 0 Å². The SMILES string of the molecule is COc1cccc(C2CC2C(=O)NC(C)(C)C(=O)O)c1. The predicted molar refractivity (Wildman–Crippen MR) is 73.7 cm³/mol. The number of ether oxygens (including phenoxy) is 1. The van der Waals surface area contributed by atoms with E-state index in [1.165, 1.54) is 13.8 Å². The van der Waals surface area contributed by atoms with Crippen LogP contribution in [-0.4, -0.2) is 29.6 Å². The van der Waals surface area contributed by atoms with Crippen LogP contribution in [0, 0.1) is 5.92 Å². The molecular formula is C15H19NO4. The number of carbonyl (C=O) groups excluding carboxylic acids is 1. The average molecular weight is 277 g/mol. The Morgan fingerprint density at radius 2 is 2.10 bits per heavy atom. The van der Waals surface area contributed by atoms with Gasteiger partial charge in [-0.1, -0.05) is 12.1 Å². The summed E-state index contributed by atoms with van der Waals surface area (Å²) in [6.07, 6.45) is 0.745. The van der Waals surface area contributed by atoms with Crippen molar-refractivity contribution in [3.8, 4) is 5.75 Å². The van der Waals surface area contributed by atoms with E-state index < -0.39 is 11.5 Å². The summed E-state index contributed by atoms with van der Waals surface area (Å²) in [5, 5.41) is 11.6. The van der Waals surface area contributed by atoms with Crippen molar-refractivity contribution < 1.29 is 19.4 Å². The molecule has 20 heavy (non-hydrogen) atoms. The lowest BCUT2D eigenvalue weighted by Crippen LogP contribution is -2.50. The highest BCUT2D eigenvalue weighted by Crippen LogP contribution is 2.48. The summed E-state index contributed by atoms with van der Waals surface area (Å²) in [5.41, 5.74) is -0.184. The summed E-state index contributed by atoms with van der Waals surface area (Å²) in [7, 11) is 1.60. The maximum absolute atomic E-state index is 12.1. The molecule has 1 saturated carbocycles. The molecule has 2 unspecified atom stereocenters. The van der Waals surface area contributed by atoms with E-state index in [0.717, 1.165) is 17.7 Å². The monoisotopic (exact) mass is 277 g/mol. The Kier molecular flexibility index (Phi) is 3.70. The first-order chi connectivity index (χ1) is 9.35. The second-order valence-corrected chi connectivity index (χ2v) is 5.64. The Bertz CT molecular complexity index is 538. The van der Waals surface area contributed by atoms with Crippen LogP contribution >= 0.6 is 0 Å². The number of aliphatic carboxylic acids is 1. The Morgan fingerprint density at radius 1 is 1.40 bits per heavy atom. The number of methoxy groups -OCH3 is 1. The molecule has 108 valence electrons. The van der Waals surface area contributed by atoms with Crippen molar-refractivity contribution in [3.05, 3.63) is 29.8 Å². The lowest BCUT2D eigenvalue weighted by Gasteiger charge is -2.21. The van der Waals surface area contributed by atoms with Crippen LogP contribution in [0.4, 0.5) is 0 Å². The highest BCUT2D eigenvalue weighted by atomic mass is 16.5. The zero-order valence-corrected chi connectivity index (χ0v) is 11.8. The van der Waals surface area contributed by atoms with Gasteiger partial charge >= 0.3 is 5.97 Å². The first-order valence-electron chi connectivity index (χ1n) is 6.54. The first-order valence-corrected chi connectivity index (χ1v) is 6.54. The zero-order valence-electron chi connectivity index (χ0n) is 11.8. The Balaban J connectivity index is 2.01. The molecule has 1 aliphatic rings. The molecule has 2 rings (SSSR count). The van der Waals surface area contributed by atoms with Gasteiger partial charge < -0.3 is 15.2 Å². The van der Waals surface area contributed by atoms with E-state index in [1.54, 1.807) is 7.11 Å². The molecule has 5 heteroatoms. The molecule has 0 bridgehead atoms. The van der Waals surface area contributed by atoms with Crippen molar-refractivity contribution in [2.75, 3.05) is 7.11 Å². The molecule has 0 radical (unpaired) electrons. The molecule has 1 aromatic carbocycles. The summed E-state index contributed by atoms with van der Waals surface area (Å²) in [5.74, 6) is -0.482. The zero-order chi connectivity index (χ0) is 14.9. The van der Waals surface area contributed by atoms with Crippen LogP contribution < -0.4 is 10.1 Å². The van der Waals surface area contributed by atoms with E-state index in [0.29, 0.717) is 0 Å². The molecule has 1 aliphatic carbocycles. The summed E-state index contributed by atoms with van der Waals surface area (Å²) < 4.78 is 5.16. The predicted octanol–water partition coefficient (Wildman–Crippen LogP) is 1.78. The maximum atomic E-state index is 12.1. The third-order valence-electron chi connectivity index (χ3n) is 3.62. The normalized spacial score (nSPS) is 21.1. The molecule has 0 aromatic heterocycles. The van der Waals surface area contributed by atoms with Crippen molar-refractivity contribution in [2.45, 2.75) is 31.7 Å². The molecule has 0 heterocycles. The molecule has 5 nitrogen and oxygen atoms in total. The first kappa shape index (κ1) is 14.4. The quantitative estimate of drug-likeness (QED) is 0.860. The van der Waals surface area contributed by atoms with E-state index in [2.05, 4.69) is 5.32 Å². The van der Waals surface area contributed by atoms with Crippen molar-refractivity contribution in [1.82, 2.24) is 5.32 Å². The van der Waals surface area contributed by atoms with Gasteiger partial charge in [0, 0.05) is 5.92 Å². The van der Waals surface area contributed by atoms with Crippen molar-refractivity contribution in [3.63, 3.8) is 0 Å². The van der Waals surface area contributed by atoms with E-state index in [4.69, 9.17) is 9.84 Å². The van der Waals surface area contributed by atoms with E-state index in [9.17, 15) is 9.59 Å². The lowest BCUT2D eigenvalue weighted by atomic mass is 10.0. The fourth-order valence-corrected chi connectivity index (χ4v) is 2.18. The molecule has 0 aliphatic heterocycles.